The van der Waals surface area contributed by atoms with Gasteiger partial charge in [-0.1, -0.05) is 23.9 Å². The summed E-state index contributed by atoms with van der Waals surface area (Å²) in [5.74, 6) is 1.94. The molecule has 0 atom stereocenters. The zero-order valence-corrected chi connectivity index (χ0v) is 17.8. The van der Waals surface area contributed by atoms with Crippen molar-refractivity contribution >= 4 is 11.8 Å². The largest absolute Gasteiger partial charge is 0.494 e. The van der Waals surface area contributed by atoms with Gasteiger partial charge in [-0.15, -0.1) is 10.2 Å². The van der Waals surface area contributed by atoms with Gasteiger partial charge in [0.25, 0.3) is 0 Å². The number of aromatic nitrogens is 3. The van der Waals surface area contributed by atoms with Gasteiger partial charge in [0.2, 0.25) is 0 Å². The molecule has 0 bridgehead atoms. The van der Waals surface area contributed by atoms with Gasteiger partial charge in [0.1, 0.15) is 11.6 Å². The molecule has 1 saturated heterocycles. The lowest BCUT2D eigenvalue weighted by Gasteiger charge is -2.26. The molecule has 1 aromatic heterocycles. The van der Waals surface area contributed by atoms with E-state index in [9.17, 15) is 4.39 Å². The van der Waals surface area contributed by atoms with E-state index in [0.717, 1.165) is 49.9 Å². The van der Waals surface area contributed by atoms with Gasteiger partial charge in [0.05, 0.1) is 25.5 Å². The summed E-state index contributed by atoms with van der Waals surface area (Å²) < 4.78 is 27.4. The molecule has 8 heteroatoms. The quantitative estimate of drug-likeness (QED) is 0.508. The van der Waals surface area contributed by atoms with Crippen LogP contribution in [0.2, 0.25) is 0 Å². The lowest BCUT2D eigenvalue weighted by molar-refractivity contribution is 0.0410. The summed E-state index contributed by atoms with van der Waals surface area (Å²) in [5.41, 5.74) is 1.30. The van der Waals surface area contributed by atoms with Crippen molar-refractivity contribution in [2.75, 3.05) is 45.2 Å². The Bertz CT molecular complexity index is 958. The molecule has 4 rings (SSSR count). The van der Waals surface area contributed by atoms with E-state index in [2.05, 4.69) is 15.1 Å². The highest BCUT2D eigenvalue weighted by Gasteiger charge is 2.19. The van der Waals surface area contributed by atoms with Crippen LogP contribution in [0.4, 0.5) is 4.39 Å². The summed E-state index contributed by atoms with van der Waals surface area (Å²) in [6.07, 6.45) is 0. The van der Waals surface area contributed by atoms with E-state index in [1.807, 2.05) is 37.3 Å². The standard InChI is InChI=1S/C22H25FN4O2S/c1-2-29-18-9-7-17(8-10-18)21-24-25-22(27(21)20-6-4-3-5-19(20)23)30-16-13-26-11-14-28-15-12-26/h3-10H,2,11-16H2,1H3. The SMILES string of the molecule is CCOc1ccc(-c2nnc(SCCN3CCOCC3)n2-c2ccccc2F)cc1. The van der Waals surface area contributed by atoms with Crippen molar-refractivity contribution in [2.24, 2.45) is 0 Å². The summed E-state index contributed by atoms with van der Waals surface area (Å²) in [7, 11) is 0. The minimum Gasteiger partial charge on any atom is -0.494 e. The average Bonchev–Trinajstić information content (AvgIpc) is 3.19. The summed E-state index contributed by atoms with van der Waals surface area (Å²) in [4.78, 5) is 2.37. The molecule has 2 heterocycles. The van der Waals surface area contributed by atoms with Gasteiger partial charge in [-0.2, -0.15) is 0 Å². The first-order chi connectivity index (χ1) is 14.8. The fourth-order valence-electron chi connectivity index (χ4n) is 3.36. The zero-order chi connectivity index (χ0) is 20.8. The number of ether oxygens (including phenoxy) is 2. The highest BCUT2D eigenvalue weighted by atomic mass is 32.2. The van der Waals surface area contributed by atoms with Crippen LogP contribution < -0.4 is 4.74 Å². The van der Waals surface area contributed by atoms with Crippen LogP contribution in [0.1, 0.15) is 6.92 Å². The Morgan fingerprint density at radius 1 is 1.07 bits per heavy atom. The van der Waals surface area contributed by atoms with E-state index in [-0.39, 0.29) is 5.82 Å². The number of rotatable bonds is 8. The summed E-state index contributed by atoms with van der Waals surface area (Å²) in [5, 5.41) is 9.46. The van der Waals surface area contributed by atoms with Crippen LogP contribution >= 0.6 is 11.8 Å². The number of hydrogen-bond acceptors (Lipinski definition) is 6. The number of thioether (sulfide) groups is 1. The Balaban J connectivity index is 1.61. The van der Waals surface area contributed by atoms with Crippen LogP contribution in [-0.4, -0.2) is 64.9 Å². The smallest absolute Gasteiger partial charge is 0.196 e. The predicted octanol–water partition coefficient (Wildman–Crippen LogP) is 3.90. The molecule has 158 valence electrons. The molecule has 0 radical (unpaired) electrons. The van der Waals surface area contributed by atoms with E-state index >= 15 is 0 Å². The van der Waals surface area contributed by atoms with Crippen LogP contribution in [0.3, 0.4) is 0 Å². The van der Waals surface area contributed by atoms with Crippen LogP contribution in [-0.2, 0) is 4.74 Å². The lowest BCUT2D eigenvalue weighted by atomic mass is 10.2. The molecule has 6 nitrogen and oxygen atoms in total. The minimum atomic E-state index is -0.306. The Morgan fingerprint density at radius 3 is 2.57 bits per heavy atom. The van der Waals surface area contributed by atoms with Gasteiger partial charge >= 0.3 is 0 Å². The minimum absolute atomic E-state index is 0.306. The maximum Gasteiger partial charge on any atom is 0.196 e. The van der Waals surface area contributed by atoms with Gasteiger partial charge in [0.15, 0.2) is 11.0 Å². The molecule has 0 amide bonds. The number of halogens is 1. The second kappa shape index (κ2) is 10.1. The van der Waals surface area contributed by atoms with E-state index in [1.165, 1.54) is 6.07 Å². The van der Waals surface area contributed by atoms with Crippen molar-refractivity contribution in [3.8, 4) is 22.8 Å². The molecule has 3 aromatic rings. The third-order valence-electron chi connectivity index (χ3n) is 4.89. The molecule has 0 unspecified atom stereocenters. The molecule has 1 aliphatic rings. The first-order valence-electron chi connectivity index (χ1n) is 10.1. The number of morpholine rings is 1. The number of para-hydroxylation sites is 1. The van der Waals surface area contributed by atoms with Gasteiger partial charge in [-0.25, -0.2) is 4.39 Å². The third-order valence-corrected chi connectivity index (χ3v) is 5.80. The van der Waals surface area contributed by atoms with Crippen molar-refractivity contribution in [1.82, 2.24) is 19.7 Å². The highest BCUT2D eigenvalue weighted by Crippen LogP contribution is 2.30. The molecule has 0 aliphatic carbocycles. The van der Waals surface area contributed by atoms with Gasteiger partial charge < -0.3 is 9.47 Å². The molecule has 30 heavy (non-hydrogen) atoms. The topological polar surface area (TPSA) is 52.4 Å². The van der Waals surface area contributed by atoms with Gasteiger partial charge in [-0.3, -0.25) is 9.47 Å². The number of hydrogen-bond donors (Lipinski definition) is 0. The summed E-state index contributed by atoms with van der Waals surface area (Å²) in [6, 6.07) is 14.4. The molecule has 1 fully saturated rings. The van der Waals surface area contributed by atoms with Crippen molar-refractivity contribution < 1.29 is 13.9 Å². The molecular weight excluding hydrogens is 403 g/mol. The van der Waals surface area contributed by atoms with Crippen molar-refractivity contribution in [3.63, 3.8) is 0 Å². The fraction of sp³-hybridized carbons (Fsp3) is 0.364. The normalized spacial score (nSPS) is 14.7. The first kappa shape index (κ1) is 20.8. The Morgan fingerprint density at radius 2 is 1.83 bits per heavy atom. The number of nitrogens with zero attached hydrogens (tertiary/aromatic N) is 4. The predicted molar refractivity (Wildman–Crippen MR) is 116 cm³/mol. The molecule has 1 aliphatic heterocycles. The average molecular weight is 429 g/mol. The van der Waals surface area contributed by atoms with Crippen LogP contribution in [0, 0.1) is 5.82 Å². The van der Waals surface area contributed by atoms with Gasteiger partial charge in [0, 0.05) is 31.0 Å². The fourth-order valence-corrected chi connectivity index (χ4v) is 4.30. The Hall–Kier alpha value is -2.42. The summed E-state index contributed by atoms with van der Waals surface area (Å²) in [6.45, 7) is 6.92. The summed E-state index contributed by atoms with van der Waals surface area (Å²) >= 11 is 1.59. The van der Waals surface area contributed by atoms with Crippen molar-refractivity contribution in [3.05, 3.63) is 54.3 Å². The van der Waals surface area contributed by atoms with E-state index < -0.39 is 0 Å². The maximum absolute atomic E-state index is 14.7. The zero-order valence-electron chi connectivity index (χ0n) is 17.0. The van der Waals surface area contributed by atoms with Crippen molar-refractivity contribution in [2.45, 2.75) is 12.1 Å². The Kier molecular flexibility index (Phi) is 6.99. The maximum atomic E-state index is 14.7. The van der Waals surface area contributed by atoms with E-state index in [4.69, 9.17) is 9.47 Å². The third kappa shape index (κ3) is 4.83. The van der Waals surface area contributed by atoms with Crippen LogP contribution in [0.15, 0.2) is 53.7 Å². The second-order valence-corrected chi connectivity index (χ2v) is 7.91. The van der Waals surface area contributed by atoms with E-state index in [0.29, 0.717) is 23.3 Å². The lowest BCUT2D eigenvalue weighted by Crippen LogP contribution is -2.37. The molecular formula is C22H25FN4O2S. The van der Waals surface area contributed by atoms with E-state index in [1.54, 1.807) is 28.5 Å². The van der Waals surface area contributed by atoms with Gasteiger partial charge in [-0.05, 0) is 43.3 Å². The molecule has 0 N–H and O–H groups in total. The van der Waals surface area contributed by atoms with Crippen LogP contribution in [0.25, 0.3) is 17.1 Å². The first-order valence-corrected chi connectivity index (χ1v) is 11.1. The molecule has 0 spiro atoms. The highest BCUT2D eigenvalue weighted by molar-refractivity contribution is 7.99. The monoisotopic (exact) mass is 428 g/mol. The second-order valence-electron chi connectivity index (χ2n) is 6.85. The number of benzene rings is 2. The van der Waals surface area contributed by atoms with Crippen molar-refractivity contribution in [1.29, 1.82) is 0 Å². The van der Waals surface area contributed by atoms with Crippen LogP contribution in [0.5, 0.6) is 5.75 Å². The molecule has 0 saturated carbocycles. The Labute approximate surface area is 180 Å². The molecule has 2 aromatic carbocycles.